The Morgan fingerprint density at radius 2 is 1.48 bits per heavy atom. The van der Waals surface area contributed by atoms with Crippen molar-refractivity contribution in [2.45, 2.75) is 5.75 Å². The fraction of sp³-hybridized carbons (Fsp3) is 0.136. The summed E-state index contributed by atoms with van der Waals surface area (Å²) in [6, 6.07) is 23.5. The van der Waals surface area contributed by atoms with Crippen LogP contribution in [0, 0.1) is 0 Å². The van der Waals surface area contributed by atoms with Crippen molar-refractivity contribution in [3.05, 3.63) is 84.4 Å². The van der Waals surface area contributed by atoms with Crippen molar-refractivity contribution in [2.75, 3.05) is 23.4 Å². The second kappa shape index (κ2) is 9.25. The van der Waals surface area contributed by atoms with Crippen LogP contribution in [0.15, 0.2) is 78.9 Å². The summed E-state index contributed by atoms with van der Waals surface area (Å²) < 4.78 is 29.0. The molecule has 150 valence electrons. The van der Waals surface area contributed by atoms with Gasteiger partial charge in [0, 0.05) is 11.9 Å². The van der Waals surface area contributed by atoms with Gasteiger partial charge >= 0.3 is 0 Å². The molecule has 7 heteroatoms. The van der Waals surface area contributed by atoms with Gasteiger partial charge in [-0.2, -0.15) is 0 Å². The molecule has 0 aliphatic heterocycles. The van der Waals surface area contributed by atoms with Crippen LogP contribution in [-0.4, -0.2) is 27.1 Å². The molecule has 3 aromatic carbocycles. The highest BCUT2D eigenvalue weighted by Crippen LogP contribution is 2.29. The monoisotopic (exact) mass is 410 g/mol. The topological polar surface area (TPSA) is 84.5 Å². The average molecular weight is 410 g/mol. The Hall–Kier alpha value is -3.32. The predicted octanol–water partition coefficient (Wildman–Crippen LogP) is 4.07. The lowest BCUT2D eigenvalue weighted by Crippen LogP contribution is -2.22. The van der Waals surface area contributed by atoms with Crippen LogP contribution in [0.1, 0.15) is 5.56 Å². The zero-order valence-corrected chi connectivity index (χ0v) is 16.8. The van der Waals surface area contributed by atoms with Crippen LogP contribution in [-0.2, 0) is 20.4 Å². The zero-order valence-electron chi connectivity index (χ0n) is 16.0. The molecule has 0 spiro atoms. The number of sulfone groups is 1. The molecule has 29 heavy (non-hydrogen) atoms. The van der Waals surface area contributed by atoms with E-state index in [1.807, 2.05) is 42.5 Å². The van der Waals surface area contributed by atoms with Crippen LogP contribution in [0.3, 0.4) is 0 Å². The van der Waals surface area contributed by atoms with Crippen molar-refractivity contribution in [2.24, 2.45) is 0 Å². The summed E-state index contributed by atoms with van der Waals surface area (Å²) >= 11 is 0. The first-order valence-electron chi connectivity index (χ1n) is 9.02. The largest absolute Gasteiger partial charge is 0.455 e. The van der Waals surface area contributed by atoms with Crippen LogP contribution >= 0.6 is 0 Å². The number of nitrogens with one attached hydrogen (secondary N) is 2. The molecule has 0 heterocycles. The third-order valence-electron chi connectivity index (χ3n) is 4.01. The highest BCUT2D eigenvalue weighted by Gasteiger charge is 2.11. The molecule has 0 atom stereocenters. The molecule has 0 aliphatic carbocycles. The molecule has 0 radical (unpaired) electrons. The molecule has 0 aromatic heterocycles. The first-order valence-corrected chi connectivity index (χ1v) is 11.1. The Labute approximate surface area is 170 Å². The Morgan fingerprint density at radius 1 is 0.862 bits per heavy atom. The van der Waals surface area contributed by atoms with Gasteiger partial charge in [-0.05, 0) is 35.9 Å². The van der Waals surface area contributed by atoms with Crippen LogP contribution in [0.25, 0.3) is 0 Å². The lowest BCUT2D eigenvalue weighted by Gasteiger charge is -2.14. The number of carbonyl (C=O) groups excluding carboxylic acids is 1. The predicted molar refractivity (Wildman–Crippen MR) is 115 cm³/mol. The van der Waals surface area contributed by atoms with Crippen LogP contribution in [0.5, 0.6) is 11.5 Å². The Balaban J connectivity index is 1.65. The van der Waals surface area contributed by atoms with Crippen molar-refractivity contribution in [1.82, 2.24) is 0 Å². The van der Waals surface area contributed by atoms with Gasteiger partial charge in [-0.3, -0.25) is 4.79 Å². The van der Waals surface area contributed by atoms with Crippen molar-refractivity contribution in [1.29, 1.82) is 0 Å². The lowest BCUT2D eigenvalue weighted by molar-refractivity contribution is -0.114. The standard InChI is InChI=1S/C22H22N2O4S/c1-29(26,27)16-17-9-5-6-12-19(17)23-15-22(25)24-20-13-7-8-14-21(20)28-18-10-3-2-4-11-18/h2-14,23H,15-16H2,1H3,(H,24,25). The van der Waals surface area contributed by atoms with E-state index in [-0.39, 0.29) is 18.2 Å². The van der Waals surface area contributed by atoms with Gasteiger partial charge in [0.15, 0.2) is 15.6 Å². The van der Waals surface area contributed by atoms with Crippen molar-refractivity contribution >= 4 is 27.1 Å². The van der Waals surface area contributed by atoms with Gasteiger partial charge in [0.2, 0.25) is 5.91 Å². The summed E-state index contributed by atoms with van der Waals surface area (Å²) in [5, 5.41) is 5.83. The maximum atomic E-state index is 12.4. The van der Waals surface area contributed by atoms with Crippen molar-refractivity contribution in [3.8, 4) is 11.5 Å². The highest BCUT2D eigenvalue weighted by atomic mass is 32.2. The van der Waals surface area contributed by atoms with Gasteiger partial charge in [-0.25, -0.2) is 8.42 Å². The Morgan fingerprint density at radius 3 is 2.21 bits per heavy atom. The summed E-state index contributed by atoms with van der Waals surface area (Å²) in [4.78, 5) is 12.4. The first-order chi connectivity index (χ1) is 13.9. The third kappa shape index (κ3) is 6.36. The van der Waals surface area contributed by atoms with Gasteiger partial charge < -0.3 is 15.4 Å². The maximum absolute atomic E-state index is 12.4. The molecule has 0 aliphatic rings. The minimum Gasteiger partial charge on any atom is -0.455 e. The molecule has 0 saturated carbocycles. The minimum absolute atomic E-state index is 0.0134. The summed E-state index contributed by atoms with van der Waals surface area (Å²) in [5.41, 5.74) is 1.78. The Bertz CT molecular complexity index is 1080. The van der Waals surface area contributed by atoms with E-state index in [1.165, 1.54) is 6.26 Å². The summed E-state index contributed by atoms with van der Waals surface area (Å²) in [7, 11) is -3.18. The minimum atomic E-state index is -3.18. The SMILES string of the molecule is CS(=O)(=O)Cc1ccccc1NCC(=O)Nc1ccccc1Oc1ccccc1. The molecule has 0 fully saturated rings. The number of hydrogen-bond acceptors (Lipinski definition) is 5. The van der Waals surface area contributed by atoms with Crippen LogP contribution in [0.4, 0.5) is 11.4 Å². The molecular formula is C22H22N2O4S. The van der Waals surface area contributed by atoms with Gasteiger partial charge in [0.05, 0.1) is 18.0 Å². The fourth-order valence-electron chi connectivity index (χ4n) is 2.75. The number of ether oxygens (including phenoxy) is 1. The lowest BCUT2D eigenvalue weighted by atomic mass is 10.2. The van der Waals surface area contributed by atoms with Crippen LogP contribution < -0.4 is 15.4 Å². The number of anilines is 2. The smallest absolute Gasteiger partial charge is 0.243 e. The summed E-state index contributed by atoms with van der Waals surface area (Å²) in [6.45, 7) is -0.0134. The Kier molecular flexibility index (Phi) is 6.51. The summed E-state index contributed by atoms with van der Waals surface area (Å²) in [6.07, 6.45) is 1.18. The van der Waals surface area contributed by atoms with Gasteiger partial charge in [0.25, 0.3) is 0 Å². The van der Waals surface area contributed by atoms with E-state index < -0.39 is 9.84 Å². The fourth-order valence-corrected chi connectivity index (χ4v) is 3.56. The molecule has 0 bridgehead atoms. The number of hydrogen-bond donors (Lipinski definition) is 2. The third-order valence-corrected chi connectivity index (χ3v) is 4.84. The van der Waals surface area contributed by atoms with E-state index >= 15 is 0 Å². The van der Waals surface area contributed by atoms with E-state index in [9.17, 15) is 13.2 Å². The highest BCUT2D eigenvalue weighted by molar-refractivity contribution is 7.89. The second-order valence-corrected chi connectivity index (χ2v) is 8.68. The maximum Gasteiger partial charge on any atom is 0.243 e. The first kappa shape index (κ1) is 20.4. The average Bonchev–Trinajstić information content (AvgIpc) is 2.68. The van der Waals surface area contributed by atoms with E-state index in [1.54, 1.807) is 36.4 Å². The zero-order chi connectivity index (χ0) is 20.7. The quantitative estimate of drug-likeness (QED) is 0.585. The molecule has 3 aromatic rings. The van der Waals surface area contributed by atoms with Gasteiger partial charge in [-0.1, -0.05) is 48.5 Å². The normalized spacial score (nSPS) is 10.9. The van der Waals surface area contributed by atoms with Crippen molar-refractivity contribution < 1.29 is 17.9 Å². The molecule has 0 saturated heterocycles. The van der Waals surface area contributed by atoms with Gasteiger partial charge in [-0.15, -0.1) is 0 Å². The van der Waals surface area contributed by atoms with E-state index in [4.69, 9.17) is 4.74 Å². The summed E-state index contributed by atoms with van der Waals surface area (Å²) in [5.74, 6) is 0.834. The molecular weight excluding hydrogens is 388 g/mol. The van der Waals surface area contributed by atoms with Crippen LogP contribution in [0.2, 0.25) is 0 Å². The second-order valence-electron chi connectivity index (χ2n) is 6.54. The number of amides is 1. The molecule has 1 amide bonds. The molecule has 3 rings (SSSR count). The van der Waals surface area contributed by atoms with Gasteiger partial charge in [0.1, 0.15) is 5.75 Å². The molecule has 0 unspecified atom stereocenters. The number of carbonyl (C=O) groups is 1. The van der Waals surface area contributed by atoms with E-state index in [0.29, 0.717) is 28.4 Å². The van der Waals surface area contributed by atoms with E-state index in [0.717, 1.165) is 0 Å². The number of para-hydroxylation sites is 4. The molecule has 6 nitrogen and oxygen atoms in total. The number of benzene rings is 3. The van der Waals surface area contributed by atoms with E-state index in [2.05, 4.69) is 10.6 Å². The molecule has 2 N–H and O–H groups in total. The van der Waals surface area contributed by atoms with Crippen molar-refractivity contribution in [3.63, 3.8) is 0 Å². The number of rotatable bonds is 8.